The first-order valence-electron chi connectivity index (χ1n) is 7.10. The first-order chi connectivity index (χ1) is 9.75. The van der Waals surface area contributed by atoms with Gasteiger partial charge in [0.2, 0.25) is 0 Å². The molecule has 0 atom stereocenters. The predicted octanol–water partition coefficient (Wildman–Crippen LogP) is 3.91. The van der Waals surface area contributed by atoms with Gasteiger partial charge in [-0.1, -0.05) is 12.1 Å². The van der Waals surface area contributed by atoms with E-state index in [-0.39, 0.29) is 10.6 Å². The Morgan fingerprint density at radius 1 is 1.09 bits per heavy atom. The highest BCUT2D eigenvalue weighted by atomic mass is 32.2. The quantitative estimate of drug-likeness (QED) is 0.893. The van der Waals surface area contributed by atoms with Crippen LogP contribution in [-0.4, -0.2) is 24.9 Å². The molecule has 5 nitrogen and oxygen atoms in total. The van der Waals surface area contributed by atoms with Crippen LogP contribution in [0.1, 0.15) is 47.1 Å². The maximum absolute atomic E-state index is 12.8. The first-order valence-corrected chi connectivity index (χ1v) is 8.58. The number of anilines is 1. The molecule has 0 heterocycles. The minimum atomic E-state index is -3.60. The van der Waals surface area contributed by atoms with Crippen molar-refractivity contribution >= 4 is 21.6 Å². The summed E-state index contributed by atoms with van der Waals surface area (Å²) in [6.07, 6.45) is -0.677. The van der Waals surface area contributed by atoms with E-state index in [1.165, 1.54) is 0 Å². The maximum atomic E-state index is 12.8. The van der Waals surface area contributed by atoms with Gasteiger partial charge in [-0.05, 0) is 60.1 Å². The van der Waals surface area contributed by atoms with Gasteiger partial charge in [0.25, 0.3) is 0 Å². The molecule has 0 aromatic heterocycles. The molecule has 0 unspecified atom stereocenters. The third kappa shape index (κ3) is 4.22. The number of amides is 1. The zero-order chi connectivity index (χ0) is 17.3. The molecule has 124 valence electrons. The van der Waals surface area contributed by atoms with Gasteiger partial charge in [0, 0.05) is 0 Å². The summed E-state index contributed by atoms with van der Waals surface area (Å²) in [7, 11) is -3.60. The molecular formula is C16H25NO4S. The van der Waals surface area contributed by atoms with E-state index in [9.17, 15) is 13.2 Å². The lowest BCUT2D eigenvalue weighted by atomic mass is 10.2. The van der Waals surface area contributed by atoms with Crippen LogP contribution in [0.25, 0.3) is 0 Å². The molecule has 1 aromatic carbocycles. The smallest absolute Gasteiger partial charge is 0.412 e. The number of benzene rings is 1. The van der Waals surface area contributed by atoms with Crippen LogP contribution in [0.3, 0.4) is 0 Å². The average molecular weight is 327 g/mol. The van der Waals surface area contributed by atoms with Crippen LogP contribution in [0.15, 0.2) is 23.1 Å². The minimum absolute atomic E-state index is 0.133. The second kappa shape index (κ2) is 5.91. The molecule has 0 radical (unpaired) electrons. The van der Waals surface area contributed by atoms with E-state index in [4.69, 9.17) is 4.74 Å². The molecule has 6 heteroatoms. The number of carbonyl (C=O) groups is 1. The third-order valence-electron chi connectivity index (χ3n) is 2.92. The molecule has 0 spiro atoms. The van der Waals surface area contributed by atoms with Crippen molar-refractivity contribution in [3.05, 3.63) is 23.8 Å². The predicted molar refractivity (Wildman–Crippen MR) is 88.0 cm³/mol. The molecule has 0 fully saturated rings. The topological polar surface area (TPSA) is 72.5 Å². The molecule has 1 rings (SSSR count). The van der Waals surface area contributed by atoms with E-state index in [1.807, 2.05) is 0 Å². The van der Waals surface area contributed by atoms with Crippen LogP contribution in [0.5, 0.6) is 0 Å². The molecule has 1 N–H and O–H groups in total. The fraction of sp³-hybridized carbons (Fsp3) is 0.562. The second-order valence-electron chi connectivity index (χ2n) is 7.19. The summed E-state index contributed by atoms with van der Waals surface area (Å²) in [4.78, 5) is 12.1. The Morgan fingerprint density at radius 2 is 1.64 bits per heavy atom. The standard InChI is InChI=1S/C16H25NO4S/c1-11-9-8-10-12(17-14(18)21-15(2,3)4)13(11)22(19,20)16(5,6)7/h8-10H,1-7H3,(H,17,18). The number of sulfone groups is 1. The van der Waals surface area contributed by atoms with Crippen LogP contribution < -0.4 is 5.32 Å². The van der Waals surface area contributed by atoms with Gasteiger partial charge < -0.3 is 4.74 Å². The number of rotatable bonds is 2. The summed E-state index contributed by atoms with van der Waals surface area (Å²) in [6, 6.07) is 4.97. The summed E-state index contributed by atoms with van der Waals surface area (Å²) in [5.41, 5.74) is 0.171. The molecule has 22 heavy (non-hydrogen) atoms. The highest BCUT2D eigenvalue weighted by molar-refractivity contribution is 7.93. The van der Waals surface area contributed by atoms with Gasteiger partial charge in [-0.2, -0.15) is 0 Å². The number of aryl methyl sites for hydroxylation is 1. The first kappa shape index (κ1) is 18.5. The van der Waals surface area contributed by atoms with Gasteiger partial charge in [0.1, 0.15) is 5.60 Å². The van der Waals surface area contributed by atoms with Gasteiger partial charge >= 0.3 is 6.09 Å². The number of nitrogens with one attached hydrogen (secondary N) is 1. The Labute approximate surface area is 133 Å². The normalized spacial score (nSPS) is 12.9. The van der Waals surface area contributed by atoms with Crippen LogP contribution >= 0.6 is 0 Å². The van der Waals surface area contributed by atoms with Crippen LogP contribution in [0.2, 0.25) is 0 Å². The molecular weight excluding hydrogens is 302 g/mol. The highest BCUT2D eigenvalue weighted by Crippen LogP contribution is 2.33. The van der Waals surface area contributed by atoms with E-state index in [1.54, 1.807) is 66.7 Å². The Kier molecular flexibility index (Phi) is 4.97. The van der Waals surface area contributed by atoms with Crippen molar-refractivity contribution in [3.63, 3.8) is 0 Å². The Hall–Kier alpha value is -1.56. The van der Waals surface area contributed by atoms with Crippen molar-refractivity contribution in [1.82, 2.24) is 0 Å². The number of hydrogen-bond acceptors (Lipinski definition) is 4. The van der Waals surface area contributed by atoms with E-state index in [0.29, 0.717) is 5.56 Å². The van der Waals surface area contributed by atoms with Crippen molar-refractivity contribution in [2.24, 2.45) is 0 Å². The fourth-order valence-corrected chi connectivity index (χ4v) is 3.34. The van der Waals surface area contributed by atoms with Crippen molar-refractivity contribution in [2.45, 2.75) is 63.7 Å². The third-order valence-corrected chi connectivity index (χ3v) is 5.61. The van der Waals surface area contributed by atoms with Gasteiger partial charge in [-0.25, -0.2) is 13.2 Å². The van der Waals surface area contributed by atoms with Crippen LogP contribution in [0.4, 0.5) is 10.5 Å². The lowest BCUT2D eigenvalue weighted by molar-refractivity contribution is 0.0635. The van der Waals surface area contributed by atoms with Gasteiger partial charge in [-0.15, -0.1) is 0 Å². The average Bonchev–Trinajstić information content (AvgIpc) is 2.23. The number of ether oxygens (including phenoxy) is 1. The lowest BCUT2D eigenvalue weighted by Crippen LogP contribution is -2.31. The molecule has 0 aliphatic carbocycles. The maximum Gasteiger partial charge on any atom is 0.412 e. The molecule has 1 amide bonds. The monoisotopic (exact) mass is 327 g/mol. The molecule has 1 aromatic rings. The van der Waals surface area contributed by atoms with E-state index >= 15 is 0 Å². The zero-order valence-electron chi connectivity index (χ0n) is 14.3. The SMILES string of the molecule is Cc1cccc(NC(=O)OC(C)(C)C)c1S(=O)(=O)C(C)(C)C. The Bertz CT molecular complexity index is 664. The van der Waals surface area contributed by atoms with E-state index < -0.39 is 26.3 Å². The molecule has 0 aliphatic rings. The summed E-state index contributed by atoms with van der Waals surface area (Å²) < 4.78 is 29.8. The number of carbonyl (C=O) groups excluding carboxylic acids is 1. The summed E-state index contributed by atoms with van der Waals surface area (Å²) >= 11 is 0. The summed E-state index contributed by atoms with van der Waals surface area (Å²) in [5, 5.41) is 2.55. The number of hydrogen-bond donors (Lipinski definition) is 1. The largest absolute Gasteiger partial charge is 0.444 e. The Morgan fingerprint density at radius 3 is 2.09 bits per heavy atom. The van der Waals surface area contributed by atoms with Gasteiger partial charge in [0.05, 0.1) is 15.3 Å². The zero-order valence-corrected chi connectivity index (χ0v) is 15.1. The molecule has 0 saturated heterocycles. The second-order valence-corrected chi connectivity index (χ2v) is 9.83. The van der Waals surface area contributed by atoms with Crippen molar-refractivity contribution in [1.29, 1.82) is 0 Å². The molecule has 0 aliphatic heterocycles. The van der Waals surface area contributed by atoms with Gasteiger partial charge in [-0.3, -0.25) is 5.32 Å². The summed E-state index contributed by atoms with van der Waals surface area (Å²) in [5.74, 6) is 0. The molecule has 0 saturated carbocycles. The highest BCUT2D eigenvalue weighted by Gasteiger charge is 2.34. The van der Waals surface area contributed by atoms with Gasteiger partial charge in [0.15, 0.2) is 9.84 Å². The Balaban J connectivity index is 3.30. The molecule has 0 bridgehead atoms. The van der Waals surface area contributed by atoms with E-state index in [0.717, 1.165) is 0 Å². The minimum Gasteiger partial charge on any atom is -0.444 e. The van der Waals surface area contributed by atoms with Crippen LogP contribution in [-0.2, 0) is 14.6 Å². The fourth-order valence-electron chi connectivity index (χ4n) is 1.83. The van der Waals surface area contributed by atoms with E-state index in [2.05, 4.69) is 5.32 Å². The summed E-state index contributed by atoms with van der Waals surface area (Å²) in [6.45, 7) is 11.8. The van der Waals surface area contributed by atoms with Crippen molar-refractivity contribution in [3.8, 4) is 0 Å². The van der Waals surface area contributed by atoms with Crippen molar-refractivity contribution < 1.29 is 17.9 Å². The lowest BCUT2D eigenvalue weighted by Gasteiger charge is -2.24. The van der Waals surface area contributed by atoms with Crippen LogP contribution in [0, 0.1) is 6.92 Å². The van der Waals surface area contributed by atoms with Crippen molar-refractivity contribution in [2.75, 3.05) is 5.32 Å².